The summed E-state index contributed by atoms with van der Waals surface area (Å²) in [5.41, 5.74) is 0. The van der Waals surface area contributed by atoms with Crippen LogP contribution in [0.2, 0.25) is 0 Å². The van der Waals surface area contributed by atoms with Crippen molar-refractivity contribution in [3.05, 3.63) is 18.3 Å². The average molecular weight is 291 g/mol. The molecular weight excluding hydrogens is 262 g/mol. The predicted molar refractivity (Wildman–Crippen MR) is 88.1 cm³/mol. The van der Waals surface area contributed by atoms with Gasteiger partial charge in [0.1, 0.15) is 0 Å². The number of ether oxygens (including phenoxy) is 1. The van der Waals surface area contributed by atoms with Gasteiger partial charge >= 0.3 is 0 Å². The summed E-state index contributed by atoms with van der Waals surface area (Å²) in [7, 11) is 0. The van der Waals surface area contributed by atoms with E-state index in [1.165, 1.54) is 12.8 Å². The van der Waals surface area contributed by atoms with E-state index in [2.05, 4.69) is 36.0 Å². The van der Waals surface area contributed by atoms with E-state index in [0.29, 0.717) is 6.04 Å². The summed E-state index contributed by atoms with van der Waals surface area (Å²) in [5.74, 6) is 2.71. The SMILES string of the molecule is CCCOc1cccnc1N1CCC(C(C)NCC)CC1. The Kier molecular flexibility index (Phi) is 6.30. The molecule has 1 unspecified atom stereocenters. The molecule has 1 atom stereocenters. The van der Waals surface area contributed by atoms with Crippen LogP contribution in [0.1, 0.15) is 40.0 Å². The Balaban J connectivity index is 1.95. The molecule has 1 aromatic heterocycles. The van der Waals surface area contributed by atoms with E-state index in [4.69, 9.17) is 4.74 Å². The Labute approximate surface area is 128 Å². The van der Waals surface area contributed by atoms with Crippen LogP contribution in [0, 0.1) is 5.92 Å². The van der Waals surface area contributed by atoms with Gasteiger partial charge in [-0.1, -0.05) is 13.8 Å². The number of hydrogen-bond acceptors (Lipinski definition) is 4. The fraction of sp³-hybridized carbons (Fsp3) is 0.706. The highest BCUT2D eigenvalue weighted by molar-refractivity contribution is 5.52. The Morgan fingerprint density at radius 1 is 1.38 bits per heavy atom. The topological polar surface area (TPSA) is 37.4 Å². The van der Waals surface area contributed by atoms with Gasteiger partial charge in [0.15, 0.2) is 11.6 Å². The van der Waals surface area contributed by atoms with Crippen LogP contribution in [0.4, 0.5) is 5.82 Å². The summed E-state index contributed by atoms with van der Waals surface area (Å²) in [6.07, 6.45) is 5.33. The zero-order valence-corrected chi connectivity index (χ0v) is 13.6. The van der Waals surface area contributed by atoms with Crippen molar-refractivity contribution in [1.82, 2.24) is 10.3 Å². The molecule has 1 aliphatic rings. The summed E-state index contributed by atoms with van der Waals surface area (Å²) in [6.45, 7) is 10.6. The van der Waals surface area contributed by atoms with Gasteiger partial charge in [0.05, 0.1) is 6.61 Å². The van der Waals surface area contributed by atoms with Crippen LogP contribution in [0.15, 0.2) is 18.3 Å². The number of aromatic nitrogens is 1. The lowest BCUT2D eigenvalue weighted by atomic mass is 9.90. The van der Waals surface area contributed by atoms with Crippen molar-refractivity contribution in [1.29, 1.82) is 0 Å². The maximum Gasteiger partial charge on any atom is 0.171 e. The highest BCUT2D eigenvalue weighted by atomic mass is 16.5. The fourth-order valence-corrected chi connectivity index (χ4v) is 3.04. The Morgan fingerprint density at radius 3 is 2.81 bits per heavy atom. The normalized spacial score (nSPS) is 17.8. The standard InChI is InChI=1S/C17H29N3O/c1-4-13-21-16-7-6-10-19-17(16)20-11-8-15(9-12-20)14(3)18-5-2/h6-7,10,14-15,18H,4-5,8-9,11-13H2,1-3H3. The molecule has 1 aliphatic heterocycles. The third-order valence-corrected chi connectivity index (χ3v) is 4.28. The summed E-state index contributed by atoms with van der Waals surface area (Å²) < 4.78 is 5.84. The molecule has 1 N–H and O–H groups in total. The molecule has 4 nitrogen and oxygen atoms in total. The molecule has 0 radical (unpaired) electrons. The minimum absolute atomic E-state index is 0.608. The minimum atomic E-state index is 0.608. The second-order valence-corrected chi connectivity index (χ2v) is 5.84. The Hall–Kier alpha value is -1.29. The van der Waals surface area contributed by atoms with Crippen molar-refractivity contribution in [3.63, 3.8) is 0 Å². The fourth-order valence-electron chi connectivity index (χ4n) is 3.04. The van der Waals surface area contributed by atoms with Crippen molar-refractivity contribution < 1.29 is 4.74 Å². The van der Waals surface area contributed by atoms with Gasteiger partial charge in [0, 0.05) is 25.3 Å². The van der Waals surface area contributed by atoms with E-state index in [1.807, 2.05) is 18.3 Å². The molecule has 0 saturated carbocycles. The molecule has 0 amide bonds. The number of piperidine rings is 1. The number of nitrogens with zero attached hydrogens (tertiary/aromatic N) is 2. The van der Waals surface area contributed by atoms with E-state index in [9.17, 15) is 0 Å². The summed E-state index contributed by atoms with van der Waals surface area (Å²) >= 11 is 0. The van der Waals surface area contributed by atoms with Crippen LogP contribution in [-0.2, 0) is 0 Å². The van der Waals surface area contributed by atoms with Gasteiger partial charge in [-0.15, -0.1) is 0 Å². The lowest BCUT2D eigenvalue weighted by Gasteiger charge is -2.36. The lowest BCUT2D eigenvalue weighted by molar-refractivity contribution is 0.303. The molecule has 1 saturated heterocycles. The molecule has 118 valence electrons. The molecular formula is C17H29N3O. The van der Waals surface area contributed by atoms with E-state index in [0.717, 1.165) is 50.1 Å². The number of rotatable bonds is 7. The monoisotopic (exact) mass is 291 g/mol. The smallest absolute Gasteiger partial charge is 0.171 e. The first-order valence-electron chi connectivity index (χ1n) is 8.32. The molecule has 2 rings (SSSR count). The van der Waals surface area contributed by atoms with Gasteiger partial charge in [-0.05, 0) is 50.8 Å². The van der Waals surface area contributed by atoms with Gasteiger partial charge < -0.3 is 15.0 Å². The second kappa shape index (κ2) is 8.23. The minimum Gasteiger partial charge on any atom is -0.490 e. The molecule has 1 fully saturated rings. The van der Waals surface area contributed by atoms with Gasteiger partial charge in [0.25, 0.3) is 0 Å². The average Bonchev–Trinajstić information content (AvgIpc) is 2.53. The number of anilines is 1. The van der Waals surface area contributed by atoms with E-state index in [-0.39, 0.29) is 0 Å². The zero-order chi connectivity index (χ0) is 15.1. The van der Waals surface area contributed by atoms with Crippen LogP contribution in [0.3, 0.4) is 0 Å². The van der Waals surface area contributed by atoms with E-state index < -0.39 is 0 Å². The third-order valence-electron chi connectivity index (χ3n) is 4.28. The molecule has 1 aromatic rings. The molecule has 0 spiro atoms. The quantitative estimate of drug-likeness (QED) is 0.837. The summed E-state index contributed by atoms with van der Waals surface area (Å²) in [6, 6.07) is 4.59. The first-order chi connectivity index (χ1) is 10.3. The van der Waals surface area contributed by atoms with Crippen LogP contribution in [0.25, 0.3) is 0 Å². The largest absolute Gasteiger partial charge is 0.490 e. The summed E-state index contributed by atoms with van der Waals surface area (Å²) in [4.78, 5) is 6.92. The second-order valence-electron chi connectivity index (χ2n) is 5.84. The van der Waals surface area contributed by atoms with Crippen LogP contribution < -0.4 is 15.0 Å². The molecule has 2 heterocycles. The molecule has 0 bridgehead atoms. The number of nitrogens with one attached hydrogen (secondary N) is 1. The van der Waals surface area contributed by atoms with Crippen molar-refractivity contribution >= 4 is 5.82 Å². The lowest BCUT2D eigenvalue weighted by Crippen LogP contribution is -2.42. The van der Waals surface area contributed by atoms with Gasteiger partial charge in [-0.3, -0.25) is 0 Å². The molecule has 21 heavy (non-hydrogen) atoms. The van der Waals surface area contributed by atoms with Crippen molar-refractivity contribution in [2.75, 3.05) is 31.1 Å². The maximum absolute atomic E-state index is 5.84. The van der Waals surface area contributed by atoms with E-state index >= 15 is 0 Å². The van der Waals surface area contributed by atoms with Gasteiger partial charge in [-0.2, -0.15) is 0 Å². The highest BCUT2D eigenvalue weighted by Crippen LogP contribution is 2.30. The van der Waals surface area contributed by atoms with Gasteiger partial charge in [-0.25, -0.2) is 4.98 Å². The van der Waals surface area contributed by atoms with Crippen LogP contribution >= 0.6 is 0 Å². The number of pyridine rings is 1. The Morgan fingerprint density at radius 2 is 2.14 bits per heavy atom. The highest BCUT2D eigenvalue weighted by Gasteiger charge is 2.25. The molecule has 4 heteroatoms. The Bertz CT molecular complexity index is 416. The van der Waals surface area contributed by atoms with Crippen LogP contribution in [-0.4, -0.2) is 37.3 Å². The first-order valence-corrected chi connectivity index (χ1v) is 8.32. The maximum atomic E-state index is 5.84. The zero-order valence-electron chi connectivity index (χ0n) is 13.6. The van der Waals surface area contributed by atoms with Gasteiger partial charge in [0.2, 0.25) is 0 Å². The number of hydrogen-bond donors (Lipinski definition) is 1. The van der Waals surface area contributed by atoms with Crippen LogP contribution in [0.5, 0.6) is 5.75 Å². The summed E-state index contributed by atoms with van der Waals surface area (Å²) in [5, 5.41) is 3.55. The van der Waals surface area contributed by atoms with Crippen molar-refractivity contribution in [3.8, 4) is 5.75 Å². The van der Waals surface area contributed by atoms with Crippen molar-refractivity contribution in [2.45, 2.75) is 46.1 Å². The predicted octanol–water partition coefficient (Wildman–Crippen LogP) is 3.08. The van der Waals surface area contributed by atoms with Crippen molar-refractivity contribution in [2.24, 2.45) is 5.92 Å². The first kappa shape index (κ1) is 16.1. The third kappa shape index (κ3) is 4.34. The molecule has 0 aliphatic carbocycles. The van der Waals surface area contributed by atoms with E-state index in [1.54, 1.807) is 0 Å². The molecule has 0 aromatic carbocycles.